The maximum absolute atomic E-state index is 11.8. The molecule has 0 fully saturated rings. The molecule has 35 heavy (non-hydrogen) atoms. The minimum Gasteiger partial charge on any atom is -0.476 e. The smallest absolute Gasteiger partial charge is 0.360 e. The number of rotatable bonds is 10. The van der Waals surface area contributed by atoms with Crippen LogP contribution >= 0.6 is 11.3 Å². The van der Waals surface area contributed by atoms with Crippen molar-refractivity contribution in [3.8, 4) is 0 Å². The van der Waals surface area contributed by atoms with Crippen molar-refractivity contribution in [3.05, 3.63) is 131 Å². The van der Waals surface area contributed by atoms with Gasteiger partial charge in [-0.15, -0.1) is 11.3 Å². The van der Waals surface area contributed by atoms with Gasteiger partial charge in [-0.2, -0.15) is 0 Å². The van der Waals surface area contributed by atoms with Gasteiger partial charge in [-0.05, 0) is 29.7 Å². The van der Waals surface area contributed by atoms with E-state index in [1.807, 2.05) is 61.5 Å². The van der Waals surface area contributed by atoms with Crippen molar-refractivity contribution in [2.75, 3.05) is 11.9 Å². The second kappa shape index (κ2) is 11.3. The molecule has 6 nitrogen and oxygen atoms in total. The third-order valence-corrected chi connectivity index (χ3v) is 6.18. The fourth-order valence-electron chi connectivity index (χ4n) is 3.82. The summed E-state index contributed by atoms with van der Waals surface area (Å²) in [5, 5.41) is 19.3. The number of nitrogens with zero attached hydrogens (tertiary/aromatic N) is 2. The predicted octanol–water partition coefficient (Wildman–Crippen LogP) is 5.93. The first-order valence-corrected chi connectivity index (χ1v) is 12.0. The first kappa shape index (κ1) is 23.9. The van der Waals surface area contributed by atoms with Crippen LogP contribution in [0.5, 0.6) is 0 Å². The second-order valence-corrected chi connectivity index (χ2v) is 8.48. The molecule has 0 saturated heterocycles. The van der Waals surface area contributed by atoms with E-state index in [-0.39, 0.29) is 18.0 Å². The van der Waals surface area contributed by atoms with E-state index in [2.05, 4.69) is 51.9 Å². The fraction of sp³-hybridized carbons (Fsp3) is 0.107. The molecule has 0 unspecified atom stereocenters. The number of hydrogen-bond donors (Lipinski definition) is 2. The van der Waals surface area contributed by atoms with E-state index in [1.54, 1.807) is 17.5 Å². The summed E-state index contributed by atoms with van der Waals surface area (Å²) in [6.45, 7) is 2.03. The van der Waals surface area contributed by atoms with E-state index in [9.17, 15) is 9.90 Å². The summed E-state index contributed by atoms with van der Waals surface area (Å²) in [6, 6.07) is 30.4. The molecule has 3 aromatic carbocycles. The van der Waals surface area contributed by atoms with E-state index in [4.69, 9.17) is 4.84 Å². The van der Waals surface area contributed by atoms with Gasteiger partial charge in [0, 0.05) is 5.38 Å². The molecule has 7 heteroatoms. The molecular weight excluding hydrogens is 458 g/mol. The Morgan fingerprint density at radius 1 is 0.971 bits per heavy atom. The van der Waals surface area contributed by atoms with Crippen LogP contribution in [0.15, 0.2) is 114 Å². The Kier molecular flexibility index (Phi) is 7.70. The Balaban J connectivity index is 1.81. The topological polar surface area (TPSA) is 83.8 Å². The molecule has 0 amide bonds. The molecule has 4 rings (SSSR count). The Labute approximate surface area is 208 Å². The largest absolute Gasteiger partial charge is 0.476 e. The normalized spacial score (nSPS) is 12.0. The number of oxime groups is 1. The minimum absolute atomic E-state index is 0.182. The maximum atomic E-state index is 11.8. The lowest BCUT2D eigenvalue weighted by atomic mass is 9.77. The van der Waals surface area contributed by atoms with Crippen molar-refractivity contribution in [2.45, 2.75) is 12.5 Å². The maximum Gasteiger partial charge on any atom is 0.360 e. The number of nitrogens with one attached hydrogen (secondary N) is 1. The van der Waals surface area contributed by atoms with Gasteiger partial charge < -0.3 is 15.3 Å². The molecule has 0 aliphatic carbocycles. The van der Waals surface area contributed by atoms with Gasteiger partial charge >= 0.3 is 5.97 Å². The van der Waals surface area contributed by atoms with Crippen LogP contribution in [-0.2, 0) is 15.2 Å². The van der Waals surface area contributed by atoms with Crippen LogP contribution in [0.4, 0.5) is 5.13 Å². The number of aliphatic carboxylic acids is 1. The molecule has 2 N–H and O–H groups in total. The van der Waals surface area contributed by atoms with Crippen LogP contribution in [0.2, 0.25) is 0 Å². The van der Waals surface area contributed by atoms with Gasteiger partial charge in [0.1, 0.15) is 17.8 Å². The molecule has 0 radical (unpaired) electrons. The highest BCUT2D eigenvalue weighted by Gasteiger charge is 2.37. The number of carbonyl (C=O) groups is 1. The van der Waals surface area contributed by atoms with Crippen LogP contribution in [0.1, 0.15) is 29.3 Å². The molecule has 1 heterocycles. The number of carboxylic acid groups (broad SMARTS) is 1. The molecule has 1 aromatic heterocycles. The third-order valence-electron chi connectivity index (χ3n) is 5.43. The van der Waals surface area contributed by atoms with Crippen LogP contribution in [0.3, 0.4) is 0 Å². The second-order valence-electron chi connectivity index (χ2n) is 7.62. The predicted molar refractivity (Wildman–Crippen MR) is 140 cm³/mol. The van der Waals surface area contributed by atoms with E-state index in [0.717, 1.165) is 16.7 Å². The molecule has 0 spiro atoms. The van der Waals surface area contributed by atoms with Crippen molar-refractivity contribution in [3.63, 3.8) is 0 Å². The fourth-order valence-corrected chi connectivity index (χ4v) is 4.57. The lowest BCUT2D eigenvalue weighted by Crippen LogP contribution is -2.38. The lowest BCUT2D eigenvalue weighted by Gasteiger charge is -2.36. The van der Waals surface area contributed by atoms with E-state index < -0.39 is 11.5 Å². The Bertz CT molecular complexity index is 1210. The van der Waals surface area contributed by atoms with Gasteiger partial charge in [0.15, 0.2) is 5.13 Å². The van der Waals surface area contributed by atoms with Crippen molar-refractivity contribution in [2.24, 2.45) is 5.16 Å². The summed E-state index contributed by atoms with van der Waals surface area (Å²) in [7, 11) is 0. The molecular formula is C28H25N3O3S. The first-order valence-electron chi connectivity index (χ1n) is 11.1. The molecule has 0 bridgehead atoms. The number of aromatic nitrogens is 1. The minimum atomic E-state index is -1.21. The zero-order chi connectivity index (χ0) is 24.5. The van der Waals surface area contributed by atoms with E-state index in [1.165, 1.54) is 11.3 Å². The summed E-state index contributed by atoms with van der Waals surface area (Å²) in [5.41, 5.74) is 2.29. The SMILES string of the molecule is CC=CCON=C(C(=O)O)c1csc(NC(c2ccccc2)(c2ccccc2)c2ccccc2)n1. The Morgan fingerprint density at radius 3 is 1.94 bits per heavy atom. The average Bonchev–Trinajstić information content (AvgIpc) is 3.36. The van der Waals surface area contributed by atoms with Crippen molar-refractivity contribution in [1.29, 1.82) is 0 Å². The van der Waals surface area contributed by atoms with Crippen molar-refractivity contribution >= 4 is 28.1 Å². The average molecular weight is 484 g/mol. The van der Waals surface area contributed by atoms with Crippen LogP contribution in [0, 0.1) is 0 Å². The summed E-state index contributed by atoms with van der Waals surface area (Å²) >= 11 is 1.31. The van der Waals surface area contributed by atoms with E-state index >= 15 is 0 Å². The molecule has 4 aromatic rings. The van der Waals surface area contributed by atoms with Gasteiger partial charge in [-0.25, -0.2) is 9.78 Å². The van der Waals surface area contributed by atoms with Gasteiger partial charge in [-0.3, -0.25) is 0 Å². The molecule has 0 aliphatic rings. The molecule has 0 atom stereocenters. The highest BCUT2D eigenvalue weighted by Crippen LogP contribution is 2.40. The van der Waals surface area contributed by atoms with Gasteiger partial charge in [0.05, 0.1) is 0 Å². The van der Waals surface area contributed by atoms with Crippen molar-refractivity contribution in [1.82, 2.24) is 4.98 Å². The number of benzene rings is 3. The zero-order valence-electron chi connectivity index (χ0n) is 19.2. The summed E-state index contributed by atoms with van der Waals surface area (Å²) < 4.78 is 0. The number of thiazole rings is 1. The van der Waals surface area contributed by atoms with Crippen molar-refractivity contribution < 1.29 is 14.7 Å². The molecule has 176 valence electrons. The van der Waals surface area contributed by atoms with Gasteiger partial charge in [0.2, 0.25) is 5.71 Å². The first-order chi connectivity index (χ1) is 17.1. The highest BCUT2D eigenvalue weighted by molar-refractivity contribution is 7.14. The monoisotopic (exact) mass is 483 g/mol. The van der Waals surface area contributed by atoms with Gasteiger partial charge in [0.25, 0.3) is 0 Å². The quantitative estimate of drug-likeness (QED) is 0.0960. The summed E-state index contributed by atoms with van der Waals surface area (Å²) in [5.74, 6) is -1.21. The summed E-state index contributed by atoms with van der Waals surface area (Å²) in [4.78, 5) is 21.6. The summed E-state index contributed by atoms with van der Waals surface area (Å²) in [6.07, 6.45) is 3.54. The van der Waals surface area contributed by atoms with Crippen LogP contribution < -0.4 is 5.32 Å². The number of allylic oxidation sites excluding steroid dienone is 1. The number of hydrogen-bond acceptors (Lipinski definition) is 6. The Morgan fingerprint density at radius 2 is 1.49 bits per heavy atom. The van der Waals surface area contributed by atoms with E-state index in [0.29, 0.717) is 5.13 Å². The standard InChI is InChI=1S/C28H25N3O3S/c1-2-3-19-34-31-25(26(32)33)24-20-35-27(29-24)30-28(21-13-7-4-8-14-21,22-15-9-5-10-16-22)23-17-11-6-12-18-23/h2-18,20H,19H2,1H3,(H,29,30)(H,32,33). The number of anilines is 1. The zero-order valence-corrected chi connectivity index (χ0v) is 20.0. The lowest BCUT2D eigenvalue weighted by molar-refractivity contribution is -0.129. The van der Waals surface area contributed by atoms with Crippen LogP contribution in [-0.4, -0.2) is 28.4 Å². The van der Waals surface area contributed by atoms with Gasteiger partial charge in [-0.1, -0.05) is 102 Å². The Hall–Kier alpha value is -4.23. The van der Waals surface area contributed by atoms with Crippen LogP contribution in [0.25, 0.3) is 0 Å². The highest BCUT2D eigenvalue weighted by atomic mass is 32.1. The number of carboxylic acids is 1. The third kappa shape index (κ3) is 5.31. The molecule has 0 aliphatic heterocycles. The molecule has 0 saturated carbocycles.